The molecule has 0 spiro atoms. The van der Waals surface area contributed by atoms with Crippen LogP contribution in [0.5, 0.6) is 0 Å². The number of aliphatic imine (C=N–C) groups is 1. The Morgan fingerprint density at radius 2 is 2.14 bits per heavy atom. The van der Waals surface area contributed by atoms with E-state index < -0.39 is 0 Å². The van der Waals surface area contributed by atoms with E-state index in [1.807, 2.05) is 38.1 Å². The molecule has 0 unspecified atom stereocenters. The Morgan fingerprint density at radius 3 is 2.73 bits per heavy atom. The van der Waals surface area contributed by atoms with Gasteiger partial charge in [-0.25, -0.2) is 4.79 Å². The zero-order valence-corrected chi connectivity index (χ0v) is 14.5. The van der Waals surface area contributed by atoms with Crippen molar-refractivity contribution in [1.82, 2.24) is 0 Å². The summed E-state index contributed by atoms with van der Waals surface area (Å²) in [6.45, 7) is 1.84. The third-order valence-corrected chi connectivity index (χ3v) is 3.70. The summed E-state index contributed by atoms with van der Waals surface area (Å²) in [7, 11) is 5.16. The number of benzene rings is 1. The van der Waals surface area contributed by atoms with Crippen LogP contribution in [0.1, 0.15) is 21.7 Å². The Hall–Kier alpha value is -2.08. The van der Waals surface area contributed by atoms with Crippen LogP contribution in [0.4, 0.5) is 11.6 Å². The molecule has 1 aromatic heterocycles. The van der Waals surface area contributed by atoms with Gasteiger partial charge in [-0.2, -0.15) is 0 Å². The number of hydrogen-bond acceptors (Lipinski definition) is 5. The summed E-state index contributed by atoms with van der Waals surface area (Å²) >= 11 is 3.44. The number of hydrogen-bond donors (Lipinski definition) is 0. The van der Waals surface area contributed by atoms with Crippen LogP contribution in [0.15, 0.2) is 38.1 Å². The van der Waals surface area contributed by atoms with Gasteiger partial charge in [-0.15, -0.1) is 0 Å². The zero-order chi connectivity index (χ0) is 16.3. The number of nitrogens with zero attached hydrogens (tertiary/aromatic N) is 2. The number of ether oxygens (including phenoxy) is 1. The van der Waals surface area contributed by atoms with Gasteiger partial charge >= 0.3 is 5.97 Å². The first-order valence-corrected chi connectivity index (χ1v) is 7.42. The van der Waals surface area contributed by atoms with E-state index in [-0.39, 0.29) is 5.97 Å². The standard InChI is InChI=1S/C16H17BrN2O3/c1-10-12(16(20)21-4)6-5-7-14(10)18-9-11-8-13(17)15(22-11)19(2)3/h5-9H,1-4H3. The fraction of sp³-hybridized carbons (Fsp3) is 0.250. The molecule has 0 amide bonds. The maximum absolute atomic E-state index is 11.7. The summed E-state index contributed by atoms with van der Waals surface area (Å²) in [4.78, 5) is 17.9. The van der Waals surface area contributed by atoms with Crippen LogP contribution < -0.4 is 4.90 Å². The molecule has 0 aliphatic carbocycles. The Balaban J connectivity index is 2.31. The van der Waals surface area contributed by atoms with E-state index in [0.717, 1.165) is 15.9 Å². The Kier molecular flexibility index (Phi) is 5.03. The van der Waals surface area contributed by atoms with Crippen LogP contribution >= 0.6 is 15.9 Å². The van der Waals surface area contributed by atoms with Crippen LogP contribution in [0.3, 0.4) is 0 Å². The fourth-order valence-electron chi connectivity index (χ4n) is 1.97. The van der Waals surface area contributed by atoms with Crippen molar-refractivity contribution in [3.05, 3.63) is 45.6 Å². The van der Waals surface area contributed by atoms with E-state index in [1.54, 1.807) is 18.3 Å². The molecule has 0 bridgehead atoms. The van der Waals surface area contributed by atoms with Crippen molar-refractivity contribution in [2.24, 2.45) is 4.99 Å². The van der Waals surface area contributed by atoms with Gasteiger partial charge in [0, 0.05) is 20.2 Å². The highest BCUT2D eigenvalue weighted by atomic mass is 79.9. The second kappa shape index (κ2) is 6.79. The lowest BCUT2D eigenvalue weighted by atomic mass is 10.1. The van der Waals surface area contributed by atoms with Crippen LogP contribution in [0.2, 0.25) is 0 Å². The number of carbonyl (C=O) groups is 1. The van der Waals surface area contributed by atoms with E-state index in [1.165, 1.54) is 7.11 Å². The molecule has 5 nitrogen and oxygen atoms in total. The summed E-state index contributed by atoms with van der Waals surface area (Å²) in [5.41, 5.74) is 1.97. The van der Waals surface area contributed by atoms with Crippen LogP contribution in [-0.2, 0) is 4.74 Å². The molecule has 0 aliphatic rings. The van der Waals surface area contributed by atoms with Gasteiger partial charge in [0.2, 0.25) is 5.88 Å². The maximum Gasteiger partial charge on any atom is 0.338 e. The summed E-state index contributed by atoms with van der Waals surface area (Å²) in [5.74, 6) is 0.977. The van der Waals surface area contributed by atoms with E-state index in [9.17, 15) is 4.79 Å². The van der Waals surface area contributed by atoms with Crippen molar-refractivity contribution in [1.29, 1.82) is 0 Å². The number of furan rings is 1. The van der Waals surface area contributed by atoms with Gasteiger partial charge in [0.15, 0.2) is 0 Å². The average molecular weight is 365 g/mol. The Bertz CT molecular complexity index is 720. The molecule has 0 fully saturated rings. The molecule has 2 aromatic rings. The summed E-state index contributed by atoms with van der Waals surface area (Å²) in [5, 5.41) is 0. The van der Waals surface area contributed by atoms with E-state index in [4.69, 9.17) is 9.15 Å². The molecule has 0 aliphatic heterocycles. The fourth-order valence-corrected chi connectivity index (χ4v) is 2.63. The largest absolute Gasteiger partial charge is 0.465 e. The highest BCUT2D eigenvalue weighted by molar-refractivity contribution is 9.10. The number of carbonyl (C=O) groups excluding carboxylic acids is 1. The van der Waals surface area contributed by atoms with Crippen LogP contribution in [-0.4, -0.2) is 33.4 Å². The second-order valence-electron chi connectivity index (χ2n) is 4.90. The summed E-state index contributed by atoms with van der Waals surface area (Å²) in [6.07, 6.45) is 1.63. The molecule has 1 aromatic carbocycles. The van der Waals surface area contributed by atoms with Crippen molar-refractivity contribution in [2.45, 2.75) is 6.92 Å². The first kappa shape index (κ1) is 16.3. The highest BCUT2D eigenvalue weighted by Gasteiger charge is 2.12. The molecule has 22 heavy (non-hydrogen) atoms. The van der Waals surface area contributed by atoms with Crippen LogP contribution in [0.25, 0.3) is 0 Å². The molecule has 0 N–H and O–H groups in total. The normalized spacial score (nSPS) is 11.0. The van der Waals surface area contributed by atoms with Gasteiger partial charge in [0.25, 0.3) is 0 Å². The number of halogens is 1. The quantitative estimate of drug-likeness (QED) is 0.608. The maximum atomic E-state index is 11.7. The number of rotatable bonds is 4. The number of esters is 1. The smallest absolute Gasteiger partial charge is 0.338 e. The summed E-state index contributed by atoms with van der Waals surface area (Å²) in [6, 6.07) is 7.17. The van der Waals surface area contributed by atoms with Gasteiger partial charge in [0.1, 0.15) is 5.76 Å². The molecular formula is C16H17BrN2O3. The zero-order valence-electron chi connectivity index (χ0n) is 12.9. The number of anilines is 1. The molecule has 6 heteroatoms. The Morgan fingerprint density at radius 1 is 1.41 bits per heavy atom. The van der Waals surface area contributed by atoms with Crippen molar-refractivity contribution in [2.75, 3.05) is 26.1 Å². The summed E-state index contributed by atoms with van der Waals surface area (Å²) < 4.78 is 11.3. The molecule has 0 radical (unpaired) electrons. The average Bonchev–Trinajstić information content (AvgIpc) is 2.86. The minimum absolute atomic E-state index is 0.370. The third-order valence-electron chi connectivity index (χ3n) is 3.14. The predicted octanol–water partition coefficient (Wildman–Crippen LogP) is 3.95. The van der Waals surface area contributed by atoms with Crippen molar-refractivity contribution in [3.8, 4) is 0 Å². The second-order valence-corrected chi connectivity index (χ2v) is 5.75. The van der Waals surface area contributed by atoms with Gasteiger partial charge in [-0.05, 0) is 40.5 Å². The lowest BCUT2D eigenvalue weighted by molar-refractivity contribution is 0.0600. The van der Waals surface area contributed by atoms with Gasteiger partial charge < -0.3 is 14.1 Å². The lowest BCUT2D eigenvalue weighted by Gasteiger charge is -2.07. The molecule has 0 atom stereocenters. The van der Waals surface area contributed by atoms with Gasteiger partial charge in [0.05, 0.1) is 29.0 Å². The van der Waals surface area contributed by atoms with Crippen LogP contribution in [0, 0.1) is 6.92 Å². The monoisotopic (exact) mass is 364 g/mol. The molecule has 1 heterocycles. The number of methoxy groups -OCH3 is 1. The Labute approximate surface area is 137 Å². The lowest BCUT2D eigenvalue weighted by Crippen LogP contribution is -2.07. The van der Waals surface area contributed by atoms with E-state index >= 15 is 0 Å². The predicted molar refractivity (Wildman–Crippen MR) is 90.5 cm³/mol. The van der Waals surface area contributed by atoms with Crippen molar-refractivity contribution in [3.63, 3.8) is 0 Å². The van der Waals surface area contributed by atoms with E-state index in [2.05, 4.69) is 20.9 Å². The third kappa shape index (κ3) is 3.39. The van der Waals surface area contributed by atoms with Gasteiger partial charge in [-0.3, -0.25) is 4.99 Å². The molecule has 0 saturated heterocycles. The first-order valence-electron chi connectivity index (χ1n) is 6.62. The molecule has 2 rings (SSSR count). The minimum Gasteiger partial charge on any atom is -0.465 e. The first-order chi connectivity index (χ1) is 10.4. The van der Waals surface area contributed by atoms with Crippen molar-refractivity contribution >= 4 is 39.7 Å². The minimum atomic E-state index is -0.370. The topological polar surface area (TPSA) is 55.0 Å². The molecule has 0 saturated carbocycles. The van der Waals surface area contributed by atoms with Crippen molar-refractivity contribution < 1.29 is 13.9 Å². The highest BCUT2D eigenvalue weighted by Crippen LogP contribution is 2.29. The SMILES string of the molecule is COC(=O)c1cccc(N=Cc2cc(Br)c(N(C)C)o2)c1C. The van der Waals surface area contributed by atoms with E-state index in [0.29, 0.717) is 17.0 Å². The molecular weight excluding hydrogens is 348 g/mol. The molecule has 116 valence electrons. The van der Waals surface area contributed by atoms with Gasteiger partial charge in [-0.1, -0.05) is 6.07 Å².